The Bertz CT molecular complexity index is 502. The Kier molecular flexibility index (Phi) is 17.9. The second kappa shape index (κ2) is 17.4. The van der Waals surface area contributed by atoms with Crippen LogP contribution < -0.4 is 0 Å². The molecule has 2 aromatic rings. The van der Waals surface area contributed by atoms with Crippen molar-refractivity contribution in [1.82, 2.24) is 0 Å². The smallest absolute Gasteiger partial charge is 0.394 e. The molecule has 3 heteroatoms. The van der Waals surface area contributed by atoms with Crippen molar-refractivity contribution in [3.8, 4) is 0 Å². The van der Waals surface area contributed by atoms with Gasteiger partial charge in [-0.3, -0.25) is 0 Å². The summed E-state index contributed by atoms with van der Waals surface area (Å²) in [7, 11) is 0. The Morgan fingerprint density at radius 2 is 0.880 bits per heavy atom. The van der Waals surface area contributed by atoms with Crippen molar-refractivity contribution < 1.29 is 31.9 Å². The first kappa shape index (κ1) is 25.8. The van der Waals surface area contributed by atoms with E-state index in [0.29, 0.717) is 0 Å². The van der Waals surface area contributed by atoms with Gasteiger partial charge in [-0.15, -0.1) is 48.5 Å². The molecule has 0 bridgehead atoms. The molecule has 0 spiro atoms. The fraction of sp³-hybridized carbons (Fsp3) is 0.273. The number of rotatable bonds is 3. The van der Waals surface area contributed by atoms with Crippen LogP contribution in [0.15, 0.2) is 72.8 Å². The van der Waals surface area contributed by atoms with Gasteiger partial charge in [0.2, 0.25) is 0 Å². The van der Waals surface area contributed by atoms with Gasteiger partial charge in [0.05, 0.1) is 0 Å². The molecule has 0 unspecified atom stereocenters. The summed E-state index contributed by atoms with van der Waals surface area (Å²) < 4.78 is 0. The molecule has 0 atom stereocenters. The summed E-state index contributed by atoms with van der Waals surface area (Å²) in [6, 6.07) is 20.1. The van der Waals surface area contributed by atoms with Gasteiger partial charge >= 0.3 is 21.7 Å². The van der Waals surface area contributed by atoms with E-state index in [9.17, 15) is 0 Å². The van der Waals surface area contributed by atoms with Crippen molar-refractivity contribution >= 4 is 0 Å². The first-order chi connectivity index (χ1) is 11.4. The van der Waals surface area contributed by atoms with Gasteiger partial charge in [-0.05, 0) is 27.7 Å². The fourth-order valence-corrected chi connectivity index (χ4v) is 1.34. The van der Waals surface area contributed by atoms with Crippen molar-refractivity contribution in [3.63, 3.8) is 0 Å². The monoisotopic (exact) mass is 372 g/mol. The standard InChI is InChI=1S/C16H12.2C3H8O.Ti/c1-3-9-15(10-4-1)13-7-8-14-16-11-5-2-6-12-16;2*1-3(2)4;/h1-12H;2*3-4H,1-2H3;/q-2;;;+2. The van der Waals surface area contributed by atoms with Crippen molar-refractivity contribution in [2.24, 2.45) is 0 Å². The van der Waals surface area contributed by atoms with E-state index in [1.807, 2.05) is 72.8 Å². The maximum absolute atomic E-state index is 8.06. The Balaban J connectivity index is 0. The SMILES string of the molecule is CC(C)O.CC(C)O.[C-](=CC=[C-]c1ccccc1)c1ccccc1.[Ti+2]. The Hall–Kier alpha value is -1.45. The molecule has 2 nitrogen and oxygen atoms in total. The van der Waals surface area contributed by atoms with E-state index in [0.717, 1.165) is 11.1 Å². The number of hydrogen-bond donors (Lipinski definition) is 2. The number of aliphatic hydroxyl groups excluding tert-OH is 2. The van der Waals surface area contributed by atoms with Gasteiger partial charge in [0.25, 0.3) is 0 Å². The molecule has 0 radical (unpaired) electrons. The first-order valence-corrected chi connectivity index (χ1v) is 8.06. The van der Waals surface area contributed by atoms with Crippen LogP contribution in [0.5, 0.6) is 0 Å². The molecule has 0 aliphatic rings. The quantitative estimate of drug-likeness (QED) is 0.471. The van der Waals surface area contributed by atoms with E-state index in [1.165, 1.54) is 0 Å². The molecule has 0 fully saturated rings. The fourth-order valence-electron chi connectivity index (χ4n) is 1.34. The van der Waals surface area contributed by atoms with Gasteiger partial charge in [0.15, 0.2) is 0 Å². The maximum atomic E-state index is 8.06. The van der Waals surface area contributed by atoms with Crippen LogP contribution in [0, 0.1) is 12.2 Å². The molecule has 0 aliphatic carbocycles. The van der Waals surface area contributed by atoms with Gasteiger partial charge < -0.3 is 10.2 Å². The average Bonchev–Trinajstić information content (AvgIpc) is 2.53. The topological polar surface area (TPSA) is 40.5 Å². The van der Waals surface area contributed by atoms with Crippen LogP contribution in [0.2, 0.25) is 0 Å². The summed E-state index contributed by atoms with van der Waals surface area (Å²) in [5.41, 5.74) is 2.15. The minimum absolute atomic E-state index is 0. The van der Waals surface area contributed by atoms with E-state index < -0.39 is 0 Å². The molecular formula is C22H28O2Ti. The van der Waals surface area contributed by atoms with Crippen LogP contribution >= 0.6 is 0 Å². The summed E-state index contributed by atoms with van der Waals surface area (Å²) in [5.74, 6) is 0. The van der Waals surface area contributed by atoms with Crippen LogP contribution in [-0.4, -0.2) is 22.4 Å². The molecule has 0 saturated carbocycles. The first-order valence-electron chi connectivity index (χ1n) is 8.06. The van der Waals surface area contributed by atoms with Gasteiger partial charge in [0, 0.05) is 12.2 Å². The van der Waals surface area contributed by atoms with Gasteiger partial charge in [-0.2, -0.15) is 23.3 Å². The normalized spacial score (nSPS) is 10.1. The molecule has 2 aromatic carbocycles. The molecule has 0 amide bonds. The second-order valence-corrected chi connectivity index (χ2v) is 5.54. The molecular weight excluding hydrogens is 344 g/mol. The van der Waals surface area contributed by atoms with Crippen molar-refractivity contribution in [3.05, 3.63) is 96.1 Å². The summed E-state index contributed by atoms with van der Waals surface area (Å²) >= 11 is 0. The molecule has 0 saturated heterocycles. The van der Waals surface area contributed by atoms with Gasteiger partial charge in [-0.1, -0.05) is 12.1 Å². The maximum Gasteiger partial charge on any atom is 2.00 e. The minimum Gasteiger partial charge on any atom is -0.394 e. The van der Waals surface area contributed by atoms with Crippen LogP contribution in [0.25, 0.3) is 0 Å². The number of benzene rings is 2. The predicted molar refractivity (Wildman–Crippen MR) is 101 cm³/mol. The molecule has 0 heterocycles. The number of allylic oxidation sites excluding steroid dienone is 2. The van der Waals surface area contributed by atoms with E-state index >= 15 is 0 Å². The third-order valence-corrected chi connectivity index (χ3v) is 2.13. The van der Waals surface area contributed by atoms with Crippen molar-refractivity contribution in [1.29, 1.82) is 0 Å². The van der Waals surface area contributed by atoms with E-state index in [-0.39, 0.29) is 33.9 Å². The van der Waals surface area contributed by atoms with E-state index in [4.69, 9.17) is 10.2 Å². The molecule has 2 rings (SSSR count). The summed E-state index contributed by atoms with van der Waals surface area (Å²) in [6.45, 7) is 6.89. The minimum atomic E-state index is -0.167. The Morgan fingerprint density at radius 3 is 1.12 bits per heavy atom. The molecule has 132 valence electrons. The van der Waals surface area contributed by atoms with Crippen molar-refractivity contribution in [2.75, 3.05) is 0 Å². The van der Waals surface area contributed by atoms with Crippen LogP contribution in [0.1, 0.15) is 38.8 Å². The average molecular weight is 372 g/mol. The molecule has 25 heavy (non-hydrogen) atoms. The zero-order valence-corrected chi connectivity index (χ0v) is 17.0. The van der Waals surface area contributed by atoms with E-state index in [1.54, 1.807) is 27.7 Å². The van der Waals surface area contributed by atoms with Crippen molar-refractivity contribution in [2.45, 2.75) is 39.9 Å². The largest absolute Gasteiger partial charge is 2.00 e. The third kappa shape index (κ3) is 20.5. The van der Waals surface area contributed by atoms with E-state index in [2.05, 4.69) is 12.2 Å². The number of hydrogen-bond acceptors (Lipinski definition) is 2. The van der Waals surface area contributed by atoms with Crippen LogP contribution in [0.3, 0.4) is 0 Å². The predicted octanol–water partition coefficient (Wildman–Crippen LogP) is 4.57. The summed E-state index contributed by atoms with van der Waals surface area (Å²) in [4.78, 5) is 0. The molecule has 0 aliphatic heterocycles. The molecule has 2 N–H and O–H groups in total. The summed E-state index contributed by atoms with van der Waals surface area (Å²) in [6.07, 6.45) is 9.76. The van der Waals surface area contributed by atoms with Gasteiger partial charge in [0.1, 0.15) is 0 Å². The molecule has 0 aromatic heterocycles. The zero-order valence-electron chi connectivity index (χ0n) is 15.5. The third-order valence-electron chi connectivity index (χ3n) is 2.13. The number of aliphatic hydroxyl groups is 2. The van der Waals surface area contributed by atoms with Crippen LogP contribution in [-0.2, 0) is 21.7 Å². The van der Waals surface area contributed by atoms with Crippen LogP contribution in [0.4, 0.5) is 0 Å². The summed E-state index contributed by atoms with van der Waals surface area (Å²) in [5, 5.41) is 16.1. The second-order valence-electron chi connectivity index (χ2n) is 5.54. The Morgan fingerprint density at radius 1 is 0.640 bits per heavy atom. The zero-order chi connectivity index (χ0) is 18.2. The van der Waals surface area contributed by atoms with Gasteiger partial charge in [-0.25, -0.2) is 12.2 Å². The Labute approximate surface area is 167 Å².